The van der Waals surface area contributed by atoms with E-state index in [0.29, 0.717) is 13.2 Å². The monoisotopic (exact) mass is 265 g/mol. The molecule has 0 aromatic rings. The maximum absolute atomic E-state index is 9.82. The average Bonchev–Trinajstić information content (AvgIpc) is 2.28. The Morgan fingerprint density at radius 1 is 1.47 bits per heavy atom. The van der Waals surface area contributed by atoms with Crippen molar-refractivity contribution in [1.29, 1.82) is 0 Å². The van der Waals surface area contributed by atoms with Gasteiger partial charge in [0.2, 0.25) is 0 Å². The quantitative estimate of drug-likeness (QED) is 0.730. The Bertz CT molecular complexity index is 218. The van der Waals surface area contributed by atoms with Crippen LogP contribution < -0.4 is 0 Å². The molecule has 0 spiro atoms. The Morgan fingerprint density at radius 2 is 2.06 bits per heavy atom. The molecule has 1 saturated heterocycles. The van der Waals surface area contributed by atoms with Gasteiger partial charge in [0, 0.05) is 19.6 Å². The Morgan fingerprint density at radius 3 is 2.59 bits per heavy atom. The molecule has 1 unspecified atom stereocenters. The van der Waals surface area contributed by atoms with Crippen molar-refractivity contribution in [2.75, 3.05) is 39.5 Å². The minimum atomic E-state index is -0.447. The lowest BCUT2D eigenvalue weighted by Crippen LogP contribution is -2.42. The molecule has 0 bridgehead atoms. The van der Waals surface area contributed by atoms with Crippen LogP contribution in [0, 0.1) is 0 Å². The normalized spacial score (nSPS) is 19.5. The third-order valence-electron chi connectivity index (χ3n) is 2.71. The van der Waals surface area contributed by atoms with Gasteiger partial charge in [-0.1, -0.05) is 6.08 Å². The highest BCUT2D eigenvalue weighted by Crippen LogP contribution is 2.10. The number of nitrogens with zero attached hydrogens (tertiary/aromatic N) is 1. The summed E-state index contributed by atoms with van der Waals surface area (Å²) in [6, 6.07) is 0. The lowest BCUT2D eigenvalue weighted by molar-refractivity contribution is -0.0515. The fraction of sp³-hybridized carbons (Fsp3) is 0.833. The fourth-order valence-corrected chi connectivity index (χ4v) is 1.50. The maximum atomic E-state index is 9.82. The standard InChI is InChI=1S/C12H23NO3.ClH/c1-4-12(2,3)16-10-11(14)9-13-5-7-15-8-6-13;/h4,11,14H,1,5-10H2,2-3H3;1H. The van der Waals surface area contributed by atoms with Crippen LogP contribution in [0.4, 0.5) is 0 Å². The molecule has 0 aromatic heterocycles. The van der Waals surface area contributed by atoms with E-state index in [-0.39, 0.29) is 18.0 Å². The van der Waals surface area contributed by atoms with Crippen LogP contribution in [-0.2, 0) is 9.47 Å². The van der Waals surface area contributed by atoms with Crippen LogP contribution in [0.1, 0.15) is 13.8 Å². The van der Waals surface area contributed by atoms with Crippen LogP contribution >= 0.6 is 12.4 Å². The van der Waals surface area contributed by atoms with Gasteiger partial charge in [0.25, 0.3) is 0 Å². The predicted octanol–water partition coefficient (Wildman–Crippen LogP) is 1.08. The van der Waals surface area contributed by atoms with Crippen molar-refractivity contribution in [2.24, 2.45) is 0 Å². The second-order valence-corrected chi connectivity index (χ2v) is 4.69. The smallest absolute Gasteiger partial charge is 0.0900 e. The first-order chi connectivity index (χ1) is 7.53. The summed E-state index contributed by atoms with van der Waals surface area (Å²) in [5.74, 6) is 0. The molecule has 1 aliphatic rings. The number of ether oxygens (including phenoxy) is 2. The summed E-state index contributed by atoms with van der Waals surface area (Å²) in [4.78, 5) is 2.19. The van der Waals surface area contributed by atoms with Crippen molar-refractivity contribution >= 4 is 12.4 Å². The molecule has 5 heteroatoms. The highest BCUT2D eigenvalue weighted by atomic mass is 35.5. The zero-order chi connectivity index (χ0) is 12.0. The molecule has 0 saturated carbocycles. The molecule has 0 aliphatic carbocycles. The Kier molecular flexibility index (Phi) is 8.00. The van der Waals surface area contributed by atoms with Gasteiger partial charge in [-0.15, -0.1) is 19.0 Å². The van der Waals surface area contributed by atoms with Gasteiger partial charge in [-0.25, -0.2) is 0 Å². The Balaban J connectivity index is 0.00000256. The van der Waals surface area contributed by atoms with Gasteiger partial charge in [0.1, 0.15) is 0 Å². The molecule has 17 heavy (non-hydrogen) atoms. The number of morpholine rings is 1. The summed E-state index contributed by atoms with van der Waals surface area (Å²) in [6.07, 6.45) is 1.30. The zero-order valence-corrected chi connectivity index (χ0v) is 11.5. The first-order valence-electron chi connectivity index (χ1n) is 5.79. The number of halogens is 1. The van der Waals surface area contributed by atoms with Crippen LogP contribution in [-0.4, -0.2) is 61.2 Å². The van der Waals surface area contributed by atoms with E-state index in [1.807, 2.05) is 13.8 Å². The Hall–Kier alpha value is -0.130. The molecule has 1 fully saturated rings. The number of rotatable bonds is 6. The summed E-state index contributed by atoms with van der Waals surface area (Å²) >= 11 is 0. The van der Waals surface area contributed by atoms with Crippen molar-refractivity contribution < 1.29 is 14.6 Å². The molecule has 1 heterocycles. The van der Waals surface area contributed by atoms with E-state index in [9.17, 15) is 5.11 Å². The molecule has 0 amide bonds. The highest BCUT2D eigenvalue weighted by Gasteiger charge is 2.18. The average molecular weight is 266 g/mol. The minimum absolute atomic E-state index is 0. The van der Waals surface area contributed by atoms with Gasteiger partial charge in [0.15, 0.2) is 0 Å². The summed E-state index contributed by atoms with van der Waals surface area (Å²) in [5.41, 5.74) is -0.369. The maximum Gasteiger partial charge on any atom is 0.0900 e. The summed E-state index contributed by atoms with van der Waals surface area (Å²) in [7, 11) is 0. The molecule has 1 aliphatic heterocycles. The van der Waals surface area contributed by atoms with Gasteiger partial charge in [-0.05, 0) is 13.8 Å². The second-order valence-electron chi connectivity index (χ2n) is 4.69. The molecule has 1 N–H and O–H groups in total. The molecule has 1 atom stereocenters. The molecule has 0 radical (unpaired) electrons. The second kappa shape index (κ2) is 8.06. The SMILES string of the molecule is C=CC(C)(C)OCC(O)CN1CCOCC1.Cl. The molecule has 0 aromatic carbocycles. The van der Waals surface area contributed by atoms with Crippen LogP contribution in [0.15, 0.2) is 12.7 Å². The molecule has 1 rings (SSSR count). The van der Waals surface area contributed by atoms with Crippen LogP contribution in [0.25, 0.3) is 0 Å². The third-order valence-corrected chi connectivity index (χ3v) is 2.71. The largest absolute Gasteiger partial charge is 0.389 e. The van der Waals surface area contributed by atoms with Gasteiger partial charge in [0.05, 0.1) is 31.5 Å². The summed E-state index contributed by atoms with van der Waals surface area (Å²) < 4.78 is 10.8. The highest BCUT2D eigenvalue weighted by molar-refractivity contribution is 5.85. The predicted molar refractivity (Wildman–Crippen MR) is 70.7 cm³/mol. The molecular formula is C12H24ClNO3. The van der Waals surface area contributed by atoms with Crippen LogP contribution in [0.2, 0.25) is 0 Å². The summed E-state index contributed by atoms with van der Waals surface area (Å²) in [5, 5.41) is 9.82. The molecule has 4 nitrogen and oxygen atoms in total. The van der Waals surface area contributed by atoms with Crippen molar-refractivity contribution in [3.8, 4) is 0 Å². The summed E-state index contributed by atoms with van der Waals surface area (Å²) in [6.45, 7) is 11.8. The third kappa shape index (κ3) is 7.01. The van der Waals surface area contributed by atoms with Gasteiger partial charge < -0.3 is 14.6 Å². The fourth-order valence-electron chi connectivity index (χ4n) is 1.50. The van der Waals surface area contributed by atoms with E-state index < -0.39 is 6.10 Å². The van der Waals surface area contributed by atoms with Crippen molar-refractivity contribution in [3.05, 3.63) is 12.7 Å². The van der Waals surface area contributed by atoms with E-state index in [2.05, 4.69) is 11.5 Å². The van der Waals surface area contributed by atoms with E-state index >= 15 is 0 Å². The first-order valence-corrected chi connectivity index (χ1v) is 5.79. The van der Waals surface area contributed by atoms with Crippen molar-refractivity contribution in [1.82, 2.24) is 4.90 Å². The molecule has 102 valence electrons. The zero-order valence-electron chi connectivity index (χ0n) is 10.7. The van der Waals surface area contributed by atoms with Gasteiger partial charge in [-0.2, -0.15) is 0 Å². The topological polar surface area (TPSA) is 41.9 Å². The number of hydrogen-bond donors (Lipinski definition) is 1. The number of aliphatic hydroxyl groups excluding tert-OH is 1. The first kappa shape index (κ1) is 16.9. The lowest BCUT2D eigenvalue weighted by Gasteiger charge is -2.29. The van der Waals surface area contributed by atoms with Gasteiger partial charge in [-0.3, -0.25) is 4.90 Å². The van der Waals surface area contributed by atoms with E-state index in [4.69, 9.17) is 9.47 Å². The van der Waals surface area contributed by atoms with Crippen LogP contribution in [0.3, 0.4) is 0 Å². The van der Waals surface area contributed by atoms with E-state index in [0.717, 1.165) is 26.3 Å². The van der Waals surface area contributed by atoms with Crippen molar-refractivity contribution in [3.63, 3.8) is 0 Å². The Labute approximate surface area is 110 Å². The van der Waals surface area contributed by atoms with Gasteiger partial charge >= 0.3 is 0 Å². The van der Waals surface area contributed by atoms with E-state index in [1.165, 1.54) is 0 Å². The number of aliphatic hydroxyl groups is 1. The number of hydrogen-bond acceptors (Lipinski definition) is 4. The minimum Gasteiger partial charge on any atom is -0.389 e. The molecular weight excluding hydrogens is 242 g/mol. The van der Waals surface area contributed by atoms with E-state index in [1.54, 1.807) is 6.08 Å². The lowest BCUT2D eigenvalue weighted by atomic mass is 10.1. The van der Waals surface area contributed by atoms with Crippen molar-refractivity contribution in [2.45, 2.75) is 25.6 Å². The number of β-amino-alcohol motifs (C(OH)–C–C–N with tert-alkyl or cyclic N) is 1. The van der Waals surface area contributed by atoms with Crippen LogP contribution in [0.5, 0.6) is 0 Å².